The van der Waals surface area contributed by atoms with Crippen LogP contribution in [0.15, 0.2) is 24.3 Å². The number of piperidine rings is 1. The molecule has 1 amide bonds. The van der Waals surface area contributed by atoms with Crippen molar-refractivity contribution in [3.05, 3.63) is 41.7 Å². The van der Waals surface area contributed by atoms with Crippen LogP contribution < -0.4 is 10.5 Å². The fourth-order valence-electron chi connectivity index (χ4n) is 2.84. The summed E-state index contributed by atoms with van der Waals surface area (Å²) in [5, 5.41) is 7.12. The summed E-state index contributed by atoms with van der Waals surface area (Å²) in [6.07, 6.45) is 1.77. The Bertz CT molecular complexity index is 697. The van der Waals surface area contributed by atoms with Crippen molar-refractivity contribution < 1.29 is 13.9 Å². The van der Waals surface area contributed by atoms with E-state index in [1.165, 1.54) is 12.1 Å². The lowest BCUT2D eigenvalue weighted by Gasteiger charge is -2.29. The number of nitrogens with one attached hydrogen (secondary N) is 1. The Kier molecular flexibility index (Phi) is 5.05. The second kappa shape index (κ2) is 7.39. The van der Waals surface area contributed by atoms with Gasteiger partial charge in [-0.3, -0.25) is 14.8 Å². The Balaban J connectivity index is 1.51. The Morgan fingerprint density at radius 2 is 2.21 bits per heavy atom. The highest BCUT2D eigenvalue weighted by atomic mass is 19.1. The van der Waals surface area contributed by atoms with Crippen molar-refractivity contribution >= 4 is 5.91 Å². The van der Waals surface area contributed by atoms with Crippen LogP contribution in [0, 0.1) is 5.82 Å². The van der Waals surface area contributed by atoms with E-state index in [9.17, 15) is 9.18 Å². The summed E-state index contributed by atoms with van der Waals surface area (Å²) in [5.74, 6) is 1.43. The van der Waals surface area contributed by atoms with E-state index in [0.717, 1.165) is 31.8 Å². The summed E-state index contributed by atoms with van der Waals surface area (Å²) in [6, 6.07) is 5.97. The average molecular weight is 333 g/mol. The number of ether oxygens (including phenoxy) is 1. The van der Waals surface area contributed by atoms with Crippen LogP contribution in [0.5, 0.6) is 5.75 Å². The number of halogens is 1. The SMILES string of the molecule is NC(=O)CN1CCC(c2n[nH]c(COc3cccc(F)c3)n2)CC1. The molecule has 0 spiro atoms. The zero-order valence-corrected chi connectivity index (χ0v) is 13.2. The number of aromatic amines is 1. The minimum Gasteiger partial charge on any atom is -0.486 e. The molecule has 1 saturated heterocycles. The standard InChI is InChI=1S/C16H20FN5O2/c17-12-2-1-3-13(8-12)24-10-15-19-16(21-20-15)11-4-6-22(7-5-11)9-14(18)23/h1-3,8,11H,4-7,9-10H2,(H2,18,23)(H,19,20,21). The number of nitrogens with zero attached hydrogens (tertiary/aromatic N) is 3. The Morgan fingerprint density at radius 1 is 1.42 bits per heavy atom. The van der Waals surface area contributed by atoms with Crippen LogP contribution >= 0.6 is 0 Å². The molecule has 7 nitrogen and oxygen atoms in total. The smallest absolute Gasteiger partial charge is 0.231 e. The number of nitrogens with two attached hydrogens (primary N) is 1. The summed E-state index contributed by atoms with van der Waals surface area (Å²) < 4.78 is 18.6. The predicted molar refractivity (Wildman–Crippen MR) is 84.7 cm³/mol. The van der Waals surface area contributed by atoms with E-state index in [0.29, 0.717) is 18.1 Å². The predicted octanol–water partition coefficient (Wildman–Crippen LogP) is 1.19. The van der Waals surface area contributed by atoms with Crippen molar-refractivity contribution in [2.75, 3.05) is 19.6 Å². The normalized spacial score (nSPS) is 16.2. The van der Waals surface area contributed by atoms with Crippen molar-refractivity contribution in [2.24, 2.45) is 5.73 Å². The van der Waals surface area contributed by atoms with Crippen molar-refractivity contribution in [2.45, 2.75) is 25.4 Å². The van der Waals surface area contributed by atoms with Gasteiger partial charge >= 0.3 is 0 Å². The highest BCUT2D eigenvalue weighted by Crippen LogP contribution is 2.25. The number of amides is 1. The zero-order chi connectivity index (χ0) is 16.9. The minimum absolute atomic E-state index is 0.205. The van der Waals surface area contributed by atoms with Gasteiger partial charge in [0.2, 0.25) is 5.91 Å². The molecule has 1 aliphatic heterocycles. The number of carbonyl (C=O) groups is 1. The molecule has 3 N–H and O–H groups in total. The lowest BCUT2D eigenvalue weighted by molar-refractivity contribution is -0.119. The number of primary amides is 1. The second-order valence-electron chi connectivity index (χ2n) is 5.90. The summed E-state index contributed by atoms with van der Waals surface area (Å²) in [5.41, 5.74) is 5.22. The molecule has 128 valence electrons. The van der Waals surface area contributed by atoms with Crippen molar-refractivity contribution in [3.63, 3.8) is 0 Å². The first-order valence-corrected chi connectivity index (χ1v) is 7.90. The van der Waals surface area contributed by atoms with E-state index >= 15 is 0 Å². The van der Waals surface area contributed by atoms with Gasteiger partial charge in [-0.15, -0.1) is 0 Å². The number of benzene rings is 1. The molecule has 1 fully saturated rings. The fourth-order valence-corrected chi connectivity index (χ4v) is 2.84. The molecular weight excluding hydrogens is 313 g/mol. The molecule has 0 aliphatic carbocycles. The first-order chi connectivity index (χ1) is 11.6. The average Bonchev–Trinajstić information content (AvgIpc) is 3.02. The topological polar surface area (TPSA) is 97.1 Å². The van der Waals surface area contributed by atoms with Gasteiger partial charge in [0.25, 0.3) is 0 Å². The van der Waals surface area contributed by atoms with Crippen molar-refractivity contribution in [1.82, 2.24) is 20.1 Å². The highest BCUT2D eigenvalue weighted by molar-refractivity contribution is 5.75. The molecule has 24 heavy (non-hydrogen) atoms. The van der Waals surface area contributed by atoms with Crippen molar-refractivity contribution in [3.8, 4) is 5.75 Å². The number of hydrogen-bond acceptors (Lipinski definition) is 5. The second-order valence-corrected chi connectivity index (χ2v) is 5.90. The summed E-state index contributed by atoms with van der Waals surface area (Å²) in [6.45, 7) is 2.11. The quantitative estimate of drug-likeness (QED) is 0.827. The van der Waals surface area contributed by atoms with Crippen LogP contribution in [-0.4, -0.2) is 45.6 Å². The van der Waals surface area contributed by atoms with Crippen LogP contribution in [-0.2, 0) is 11.4 Å². The largest absolute Gasteiger partial charge is 0.486 e. The lowest BCUT2D eigenvalue weighted by Crippen LogP contribution is -2.39. The monoisotopic (exact) mass is 333 g/mol. The molecule has 0 radical (unpaired) electrons. The van der Waals surface area contributed by atoms with E-state index in [2.05, 4.69) is 15.2 Å². The number of hydrogen-bond donors (Lipinski definition) is 2. The molecule has 0 atom stereocenters. The third-order valence-corrected chi connectivity index (χ3v) is 4.05. The maximum atomic E-state index is 13.1. The fraction of sp³-hybridized carbons (Fsp3) is 0.438. The Labute approximate surface area is 139 Å². The first-order valence-electron chi connectivity index (χ1n) is 7.90. The van der Waals surface area contributed by atoms with E-state index in [4.69, 9.17) is 10.5 Å². The molecule has 2 heterocycles. The maximum Gasteiger partial charge on any atom is 0.231 e. The molecular formula is C16H20FN5O2. The maximum absolute atomic E-state index is 13.1. The van der Waals surface area contributed by atoms with E-state index in [1.807, 2.05) is 4.90 Å². The molecule has 1 aliphatic rings. The molecule has 0 saturated carbocycles. The van der Waals surface area contributed by atoms with Crippen LogP contribution in [0.25, 0.3) is 0 Å². The van der Waals surface area contributed by atoms with Crippen LogP contribution in [0.4, 0.5) is 4.39 Å². The van der Waals surface area contributed by atoms with Gasteiger partial charge in [0.15, 0.2) is 11.6 Å². The molecule has 0 bridgehead atoms. The van der Waals surface area contributed by atoms with Crippen LogP contribution in [0.2, 0.25) is 0 Å². The molecule has 1 aromatic heterocycles. The number of likely N-dealkylation sites (tertiary alicyclic amines) is 1. The van der Waals surface area contributed by atoms with E-state index < -0.39 is 0 Å². The zero-order valence-electron chi connectivity index (χ0n) is 13.2. The van der Waals surface area contributed by atoms with Gasteiger partial charge in [0, 0.05) is 12.0 Å². The first kappa shape index (κ1) is 16.4. The number of H-pyrrole nitrogens is 1. The van der Waals surface area contributed by atoms with E-state index in [-0.39, 0.29) is 24.2 Å². The third-order valence-electron chi connectivity index (χ3n) is 4.05. The van der Waals surface area contributed by atoms with Gasteiger partial charge in [0.1, 0.15) is 18.2 Å². The van der Waals surface area contributed by atoms with Gasteiger partial charge in [-0.2, -0.15) is 5.10 Å². The van der Waals surface area contributed by atoms with Gasteiger partial charge in [-0.25, -0.2) is 9.37 Å². The van der Waals surface area contributed by atoms with Gasteiger partial charge in [-0.1, -0.05) is 6.07 Å². The van der Waals surface area contributed by atoms with Gasteiger partial charge in [0.05, 0.1) is 6.54 Å². The summed E-state index contributed by atoms with van der Waals surface area (Å²) in [4.78, 5) is 17.4. The van der Waals surface area contributed by atoms with Crippen LogP contribution in [0.1, 0.15) is 30.4 Å². The summed E-state index contributed by atoms with van der Waals surface area (Å²) >= 11 is 0. The molecule has 8 heteroatoms. The third kappa shape index (κ3) is 4.29. The highest BCUT2D eigenvalue weighted by Gasteiger charge is 2.24. The molecule has 0 unspecified atom stereocenters. The summed E-state index contributed by atoms with van der Waals surface area (Å²) in [7, 11) is 0. The van der Waals surface area contributed by atoms with Gasteiger partial charge < -0.3 is 10.5 Å². The van der Waals surface area contributed by atoms with Gasteiger partial charge in [-0.05, 0) is 38.1 Å². The Hall–Kier alpha value is -2.48. The van der Waals surface area contributed by atoms with E-state index in [1.54, 1.807) is 12.1 Å². The molecule has 2 aromatic rings. The molecule has 3 rings (SSSR count). The minimum atomic E-state index is -0.339. The number of rotatable bonds is 6. The van der Waals surface area contributed by atoms with Crippen LogP contribution in [0.3, 0.4) is 0 Å². The molecule has 1 aromatic carbocycles. The number of carbonyl (C=O) groups excluding carboxylic acids is 1. The Morgan fingerprint density at radius 3 is 2.92 bits per heavy atom. The van der Waals surface area contributed by atoms with Crippen molar-refractivity contribution in [1.29, 1.82) is 0 Å². The lowest BCUT2D eigenvalue weighted by atomic mass is 9.96. The number of aromatic nitrogens is 3.